The molecule has 7 nitrogen and oxygen atoms in total. The molecule has 0 saturated carbocycles. The highest BCUT2D eigenvalue weighted by atomic mass is 32.2. The number of benzene rings is 1. The summed E-state index contributed by atoms with van der Waals surface area (Å²) in [6, 6.07) is 8.44. The van der Waals surface area contributed by atoms with Gasteiger partial charge in [0.2, 0.25) is 10.0 Å². The van der Waals surface area contributed by atoms with Gasteiger partial charge in [0.25, 0.3) is 5.91 Å². The van der Waals surface area contributed by atoms with Gasteiger partial charge in [-0.05, 0) is 36.2 Å². The Kier molecular flexibility index (Phi) is 7.15. The average Bonchev–Trinajstić information content (AvgIpc) is 2.67. The van der Waals surface area contributed by atoms with Crippen molar-refractivity contribution < 1.29 is 13.2 Å². The summed E-state index contributed by atoms with van der Waals surface area (Å²) in [5.74, 6) is 0.519. The van der Waals surface area contributed by atoms with E-state index in [2.05, 4.69) is 10.3 Å². The summed E-state index contributed by atoms with van der Waals surface area (Å²) in [5, 5.41) is 2.84. The number of aryl methyl sites for hydroxylation is 1. The highest BCUT2D eigenvalue weighted by Gasteiger charge is 2.23. The van der Waals surface area contributed by atoms with Gasteiger partial charge in [0.05, 0.1) is 4.90 Å². The van der Waals surface area contributed by atoms with E-state index in [9.17, 15) is 13.2 Å². The van der Waals surface area contributed by atoms with Crippen LogP contribution in [0, 0.1) is 6.92 Å². The van der Waals surface area contributed by atoms with Gasteiger partial charge in [-0.25, -0.2) is 13.4 Å². The second-order valence-corrected chi connectivity index (χ2v) is 8.61. The number of sulfonamides is 1. The van der Waals surface area contributed by atoms with Crippen LogP contribution in [0.15, 0.2) is 41.4 Å². The van der Waals surface area contributed by atoms with Crippen LogP contribution >= 0.6 is 0 Å². The molecule has 152 valence electrons. The summed E-state index contributed by atoms with van der Waals surface area (Å²) in [7, 11) is 0.202. The minimum atomic E-state index is -3.62. The number of rotatable bonds is 8. The molecule has 0 saturated heterocycles. The first kappa shape index (κ1) is 21.8. The first-order valence-corrected chi connectivity index (χ1v) is 10.7. The lowest BCUT2D eigenvalue weighted by Crippen LogP contribution is -2.31. The fourth-order valence-corrected chi connectivity index (χ4v) is 4.27. The minimum absolute atomic E-state index is 0.129. The van der Waals surface area contributed by atoms with Crippen LogP contribution in [0.4, 0.5) is 5.82 Å². The summed E-state index contributed by atoms with van der Waals surface area (Å²) in [6.07, 6.45) is 1.71. The molecular formula is C20H28N4O3S. The lowest BCUT2D eigenvalue weighted by molar-refractivity contribution is 0.0950. The van der Waals surface area contributed by atoms with Gasteiger partial charge in [-0.3, -0.25) is 4.79 Å². The molecule has 0 spiro atoms. The zero-order chi connectivity index (χ0) is 20.9. The number of nitrogens with zero attached hydrogens (tertiary/aromatic N) is 3. The number of pyridine rings is 1. The van der Waals surface area contributed by atoms with E-state index in [0.29, 0.717) is 25.2 Å². The Morgan fingerprint density at radius 2 is 1.79 bits per heavy atom. The zero-order valence-electron chi connectivity index (χ0n) is 17.1. The number of amides is 1. The highest BCUT2D eigenvalue weighted by molar-refractivity contribution is 7.89. The van der Waals surface area contributed by atoms with Gasteiger partial charge < -0.3 is 10.2 Å². The molecule has 0 aliphatic heterocycles. The van der Waals surface area contributed by atoms with Crippen molar-refractivity contribution >= 4 is 21.7 Å². The fraction of sp³-hybridized carbons (Fsp3) is 0.400. The maximum Gasteiger partial charge on any atom is 0.251 e. The third kappa shape index (κ3) is 4.88. The molecule has 0 fully saturated rings. The van der Waals surface area contributed by atoms with E-state index in [1.165, 1.54) is 10.4 Å². The van der Waals surface area contributed by atoms with Crippen molar-refractivity contribution in [1.82, 2.24) is 14.6 Å². The van der Waals surface area contributed by atoms with Crippen LogP contribution in [0.3, 0.4) is 0 Å². The molecule has 0 unspecified atom stereocenters. The van der Waals surface area contributed by atoms with Crippen molar-refractivity contribution in [2.24, 2.45) is 0 Å². The number of carbonyl (C=O) groups is 1. The van der Waals surface area contributed by atoms with Gasteiger partial charge in [0, 0.05) is 45.5 Å². The fourth-order valence-electron chi connectivity index (χ4n) is 2.78. The molecule has 2 rings (SSSR count). The van der Waals surface area contributed by atoms with Gasteiger partial charge in [-0.15, -0.1) is 0 Å². The maximum absolute atomic E-state index is 12.7. The summed E-state index contributed by atoms with van der Waals surface area (Å²) in [4.78, 5) is 19.0. The lowest BCUT2D eigenvalue weighted by atomic mass is 10.1. The van der Waals surface area contributed by atoms with Gasteiger partial charge in [0.1, 0.15) is 5.82 Å². The molecule has 1 heterocycles. The molecule has 0 bridgehead atoms. The zero-order valence-corrected chi connectivity index (χ0v) is 17.9. The van der Waals surface area contributed by atoms with E-state index in [4.69, 9.17) is 0 Å². The SMILES string of the molecule is CCN(CC)S(=O)(=O)c1ccc(C)c(C(=O)NCc2ccc(N(C)C)nc2)c1. The van der Waals surface area contributed by atoms with Crippen molar-refractivity contribution in [2.45, 2.75) is 32.2 Å². The van der Waals surface area contributed by atoms with Gasteiger partial charge >= 0.3 is 0 Å². The lowest BCUT2D eigenvalue weighted by Gasteiger charge is -2.19. The Morgan fingerprint density at radius 3 is 2.32 bits per heavy atom. The van der Waals surface area contributed by atoms with Crippen LogP contribution in [0.25, 0.3) is 0 Å². The smallest absolute Gasteiger partial charge is 0.251 e. The standard InChI is InChI=1S/C20H28N4O3S/c1-6-24(7-2)28(26,27)17-10-8-15(3)18(12-17)20(25)22-14-16-9-11-19(21-13-16)23(4)5/h8-13H,6-7,14H2,1-5H3,(H,22,25). The molecular weight excluding hydrogens is 376 g/mol. The van der Waals surface area contributed by atoms with Gasteiger partial charge in [0.15, 0.2) is 0 Å². The Morgan fingerprint density at radius 1 is 1.11 bits per heavy atom. The van der Waals surface area contributed by atoms with E-state index in [1.54, 1.807) is 39.1 Å². The molecule has 1 amide bonds. The summed E-state index contributed by atoms with van der Waals surface area (Å²) in [5.41, 5.74) is 1.94. The maximum atomic E-state index is 12.7. The van der Waals surface area contributed by atoms with E-state index in [1.807, 2.05) is 31.1 Å². The summed E-state index contributed by atoms with van der Waals surface area (Å²) < 4.78 is 26.8. The predicted octanol–water partition coefficient (Wildman–Crippen LogP) is 2.42. The second kappa shape index (κ2) is 9.16. The Bertz CT molecular complexity index is 921. The van der Waals surface area contributed by atoms with Crippen LogP contribution < -0.4 is 10.2 Å². The number of nitrogens with one attached hydrogen (secondary N) is 1. The molecule has 8 heteroatoms. The molecule has 1 N–H and O–H groups in total. The van der Waals surface area contributed by atoms with Crippen LogP contribution in [0.5, 0.6) is 0 Å². The summed E-state index contributed by atoms with van der Waals surface area (Å²) in [6.45, 7) is 6.44. The Hall–Kier alpha value is -2.45. The van der Waals surface area contributed by atoms with Crippen molar-refractivity contribution in [3.05, 3.63) is 53.2 Å². The quantitative estimate of drug-likeness (QED) is 0.731. The van der Waals surface area contributed by atoms with Crippen LogP contribution in [0.2, 0.25) is 0 Å². The molecule has 0 aliphatic carbocycles. The van der Waals surface area contributed by atoms with E-state index < -0.39 is 10.0 Å². The first-order valence-electron chi connectivity index (χ1n) is 9.22. The van der Waals surface area contributed by atoms with E-state index in [-0.39, 0.29) is 10.8 Å². The van der Waals surface area contributed by atoms with Crippen LogP contribution in [0.1, 0.15) is 35.3 Å². The van der Waals surface area contributed by atoms with Crippen molar-refractivity contribution in [3.8, 4) is 0 Å². The predicted molar refractivity (Wildman–Crippen MR) is 111 cm³/mol. The molecule has 0 atom stereocenters. The van der Waals surface area contributed by atoms with Crippen LogP contribution in [-0.2, 0) is 16.6 Å². The molecule has 28 heavy (non-hydrogen) atoms. The molecule has 0 radical (unpaired) electrons. The average molecular weight is 405 g/mol. The number of aromatic nitrogens is 1. The number of hydrogen-bond donors (Lipinski definition) is 1. The van der Waals surface area contributed by atoms with E-state index in [0.717, 1.165) is 16.9 Å². The van der Waals surface area contributed by atoms with E-state index >= 15 is 0 Å². The largest absolute Gasteiger partial charge is 0.363 e. The van der Waals surface area contributed by atoms with Crippen molar-refractivity contribution in [1.29, 1.82) is 0 Å². The molecule has 2 aromatic rings. The second-order valence-electron chi connectivity index (χ2n) is 6.67. The minimum Gasteiger partial charge on any atom is -0.363 e. The normalized spacial score (nSPS) is 11.5. The molecule has 0 aliphatic rings. The van der Waals surface area contributed by atoms with Crippen molar-refractivity contribution in [3.63, 3.8) is 0 Å². The van der Waals surface area contributed by atoms with Crippen LogP contribution in [-0.4, -0.2) is 50.8 Å². The third-order valence-electron chi connectivity index (χ3n) is 4.52. The number of anilines is 1. The third-order valence-corrected chi connectivity index (χ3v) is 6.56. The van der Waals surface area contributed by atoms with Gasteiger partial charge in [-0.1, -0.05) is 26.0 Å². The first-order chi connectivity index (χ1) is 13.2. The monoisotopic (exact) mass is 404 g/mol. The van der Waals surface area contributed by atoms with Crippen molar-refractivity contribution in [2.75, 3.05) is 32.1 Å². The number of hydrogen-bond acceptors (Lipinski definition) is 5. The summed E-state index contributed by atoms with van der Waals surface area (Å²) >= 11 is 0. The number of carbonyl (C=O) groups excluding carboxylic acids is 1. The molecule has 1 aromatic carbocycles. The Labute approximate surface area is 167 Å². The van der Waals surface area contributed by atoms with Gasteiger partial charge in [-0.2, -0.15) is 4.31 Å². The molecule has 1 aromatic heterocycles. The Balaban J connectivity index is 2.19. The highest BCUT2D eigenvalue weighted by Crippen LogP contribution is 2.20. The topological polar surface area (TPSA) is 82.6 Å².